The molecule has 0 heterocycles. The van der Waals surface area contributed by atoms with E-state index in [4.69, 9.17) is 16.3 Å². The summed E-state index contributed by atoms with van der Waals surface area (Å²) >= 11 is 5.74. The number of nitrogens with zero attached hydrogens (tertiary/aromatic N) is 1. The van der Waals surface area contributed by atoms with Gasteiger partial charge in [0.25, 0.3) is 11.6 Å². The van der Waals surface area contributed by atoms with E-state index in [-0.39, 0.29) is 22.5 Å². The molecule has 120 valence electrons. The summed E-state index contributed by atoms with van der Waals surface area (Å²) in [6.45, 7) is 3.81. The smallest absolute Gasteiger partial charge is 0.294 e. The van der Waals surface area contributed by atoms with Crippen LogP contribution in [0.4, 0.5) is 11.4 Å². The maximum atomic E-state index is 12.2. The Bertz CT molecular complexity index is 729. The Morgan fingerprint density at radius 3 is 2.43 bits per heavy atom. The van der Waals surface area contributed by atoms with Crippen molar-refractivity contribution in [3.63, 3.8) is 0 Å². The zero-order valence-electron chi connectivity index (χ0n) is 12.6. The summed E-state index contributed by atoms with van der Waals surface area (Å²) < 4.78 is 5.50. The highest BCUT2D eigenvalue weighted by Crippen LogP contribution is 2.28. The molecule has 6 nitrogen and oxygen atoms in total. The molecule has 0 fully saturated rings. The van der Waals surface area contributed by atoms with Crippen molar-refractivity contribution in [1.29, 1.82) is 0 Å². The van der Waals surface area contributed by atoms with Crippen LogP contribution in [-0.2, 0) is 0 Å². The van der Waals surface area contributed by atoms with Gasteiger partial charge in [0.2, 0.25) is 0 Å². The number of benzene rings is 2. The van der Waals surface area contributed by atoms with E-state index in [0.717, 1.165) is 0 Å². The number of halogens is 1. The van der Waals surface area contributed by atoms with Crippen molar-refractivity contribution >= 4 is 28.9 Å². The van der Waals surface area contributed by atoms with Crippen LogP contribution in [0, 0.1) is 10.1 Å². The third-order valence-electron chi connectivity index (χ3n) is 2.89. The molecule has 1 N–H and O–H groups in total. The second-order valence-corrected chi connectivity index (χ2v) is 5.50. The standard InChI is InChI=1S/C16H15ClN2O4/c1-10(2)23-13-6-3-11(4-7-13)16(20)18-14-8-5-12(17)9-15(14)19(21)22/h3-10H,1-2H3,(H,18,20). The predicted octanol–water partition coefficient (Wildman–Crippen LogP) is 4.29. The molecule has 0 radical (unpaired) electrons. The Morgan fingerprint density at radius 1 is 1.22 bits per heavy atom. The van der Waals surface area contributed by atoms with Crippen molar-refractivity contribution in [2.75, 3.05) is 5.32 Å². The lowest BCUT2D eigenvalue weighted by Crippen LogP contribution is -2.13. The first-order valence-electron chi connectivity index (χ1n) is 6.89. The molecule has 0 atom stereocenters. The summed E-state index contributed by atoms with van der Waals surface area (Å²) in [5.41, 5.74) is 0.197. The largest absolute Gasteiger partial charge is 0.491 e. The van der Waals surface area contributed by atoms with Crippen molar-refractivity contribution in [3.05, 3.63) is 63.2 Å². The van der Waals surface area contributed by atoms with Crippen LogP contribution in [0.5, 0.6) is 5.75 Å². The average Bonchev–Trinajstić information content (AvgIpc) is 2.49. The second-order valence-electron chi connectivity index (χ2n) is 5.06. The molecule has 2 aromatic rings. The van der Waals surface area contributed by atoms with E-state index in [0.29, 0.717) is 11.3 Å². The molecule has 1 amide bonds. The lowest BCUT2D eigenvalue weighted by molar-refractivity contribution is -0.383. The zero-order valence-corrected chi connectivity index (χ0v) is 13.3. The number of carbonyl (C=O) groups excluding carboxylic acids is 1. The van der Waals surface area contributed by atoms with Gasteiger partial charge in [0.1, 0.15) is 11.4 Å². The van der Waals surface area contributed by atoms with E-state index in [2.05, 4.69) is 5.32 Å². The number of ether oxygens (including phenoxy) is 1. The number of rotatable bonds is 5. The highest BCUT2D eigenvalue weighted by Gasteiger charge is 2.17. The summed E-state index contributed by atoms with van der Waals surface area (Å²) in [6, 6.07) is 10.6. The molecule has 0 bridgehead atoms. The molecule has 2 rings (SSSR count). The van der Waals surface area contributed by atoms with E-state index < -0.39 is 10.8 Å². The monoisotopic (exact) mass is 334 g/mol. The fraction of sp³-hybridized carbons (Fsp3) is 0.188. The van der Waals surface area contributed by atoms with Crippen LogP contribution in [0.1, 0.15) is 24.2 Å². The summed E-state index contributed by atoms with van der Waals surface area (Å²) in [5.74, 6) is 0.195. The third-order valence-corrected chi connectivity index (χ3v) is 3.13. The van der Waals surface area contributed by atoms with Crippen molar-refractivity contribution in [2.24, 2.45) is 0 Å². The number of nitro groups is 1. The number of carbonyl (C=O) groups is 1. The van der Waals surface area contributed by atoms with Gasteiger partial charge in [-0.15, -0.1) is 0 Å². The number of anilines is 1. The molecule has 23 heavy (non-hydrogen) atoms. The fourth-order valence-electron chi connectivity index (χ4n) is 1.91. The van der Waals surface area contributed by atoms with Gasteiger partial charge in [-0.3, -0.25) is 14.9 Å². The van der Waals surface area contributed by atoms with Gasteiger partial charge in [-0.05, 0) is 50.2 Å². The summed E-state index contributed by atoms with van der Waals surface area (Å²) in [6.07, 6.45) is 0.0337. The first-order chi connectivity index (χ1) is 10.9. The minimum absolute atomic E-state index is 0.0337. The minimum atomic E-state index is -0.596. The summed E-state index contributed by atoms with van der Waals surface area (Å²) in [7, 11) is 0. The van der Waals surface area contributed by atoms with Crippen LogP contribution in [0.25, 0.3) is 0 Å². The van der Waals surface area contributed by atoms with Gasteiger partial charge in [-0.1, -0.05) is 11.6 Å². The third kappa shape index (κ3) is 4.43. The molecule has 2 aromatic carbocycles. The zero-order chi connectivity index (χ0) is 17.0. The van der Waals surface area contributed by atoms with Gasteiger partial charge in [-0.2, -0.15) is 0 Å². The Hall–Kier alpha value is -2.60. The molecule has 0 saturated carbocycles. The highest BCUT2D eigenvalue weighted by atomic mass is 35.5. The van der Waals surface area contributed by atoms with E-state index in [1.54, 1.807) is 24.3 Å². The van der Waals surface area contributed by atoms with Crippen LogP contribution in [0.15, 0.2) is 42.5 Å². The number of nitro benzene ring substituents is 1. The van der Waals surface area contributed by atoms with Gasteiger partial charge in [-0.25, -0.2) is 0 Å². The van der Waals surface area contributed by atoms with Crippen molar-refractivity contribution in [2.45, 2.75) is 20.0 Å². The maximum absolute atomic E-state index is 12.2. The van der Waals surface area contributed by atoms with Crippen molar-refractivity contribution in [3.8, 4) is 5.75 Å². The maximum Gasteiger partial charge on any atom is 0.294 e. The first-order valence-corrected chi connectivity index (χ1v) is 7.26. The molecule has 0 saturated heterocycles. The van der Waals surface area contributed by atoms with Crippen LogP contribution in [0.3, 0.4) is 0 Å². The summed E-state index contributed by atoms with van der Waals surface area (Å²) in [4.78, 5) is 22.6. The molecule has 0 spiro atoms. The van der Waals surface area contributed by atoms with Crippen LogP contribution >= 0.6 is 11.6 Å². The van der Waals surface area contributed by atoms with Gasteiger partial charge >= 0.3 is 0 Å². The highest BCUT2D eigenvalue weighted by molar-refractivity contribution is 6.31. The molecule has 0 aliphatic carbocycles. The fourth-order valence-corrected chi connectivity index (χ4v) is 2.08. The summed E-state index contributed by atoms with van der Waals surface area (Å²) in [5, 5.41) is 13.8. The second kappa shape index (κ2) is 7.11. The Balaban J connectivity index is 2.18. The molecule has 0 aromatic heterocycles. The Labute approximate surface area is 138 Å². The quantitative estimate of drug-likeness (QED) is 0.653. The number of amides is 1. The van der Waals surface area contributed by atoms with E-state index in [1.165, 1.54) is 18.2 Å². The normalized spacial score (nSPS) is 10.4. The molecular weight excluding hydrogens is 320 g/mol. The van der Waals surface area contributed by atoms with E-state index in [9.17, 15) is 14.9 Å². The lowest BCUT2D eigenvalue weighted by atomic mass is 10.2. The Morgan fingerprint density at radius 2 is 1.87 bits per heavy atom. The lowest BCUT2D eigenvalue weighted by Gasteiger charge is -2.10. The first kappa shape index (κ1) is 16.8. The van der Waals surface area contributed by atoms with Gasteiger partial charge in [0, 0.05) is 16.7 Å². The minimum Gasteiger partial charge on any atom is -0.491 e. The Kier molecular flexibility index (Phi) is 5.18. The van der Waals surface area contributed by atoms with Crippen LogP contribution in [-0.4, -0.2) is 16.9 Å². The molecule has 0 aliphatic heterocycles. The number of nitrogens with one attached hydrogen (secondary N) is 1. The van der Waals surface area contributed by atoms with E-state index in [1.807, 2.05) is 13.8 Å². The van der Waals surface area contributed by atoms with Gasteiger partial charge in [0.15, 0.2) is 0 Å². The molecular formula is C16H15ClN2O4. The SMILES string of the molecule is CC(C)Oc1ccc(C(=O)Nc2ccc(Cl)cc2[N+](=O)[O-])cc1. The topological polar surface area (TPSA) is 81.5 Å². The average molecular weight is 335 g/mol. The number of hydrogen-bond donors (Lipinski definition) is 1. The van der Waals surface area contributed by atoms with Crippen molar-refractivity contribution < 1.29 is 14.5 Å². The van der Waals surface area contributed by atoms with Gasteiger partial charge < -0.3 is 10.1 Å². The number of hydrogen-bond acceptors (Lipinski definition) is 4. The molecule has 0 aliphatic rings. The molecule has 0 unspecified atom stereocenters. The predicted molar refractivity (Wildman–Crippen MR) is 88.3 cm³/mol. The van der Waals surface area contributed by atoms with Crippen molar-refractivity contribution in [1.82, 2.24) is 0 Å². The van der Waals surface area contributed by atoms with Gasteiger partial charge in [0.05, 0.1) is 11.0 Å². The van der Waals surface area contributed by atoms with E-state index >= 15 is 0 Å². The molecule has 7 heteroatoms. The van der Waals surface area contributed by atoms with Crippen LogP contribution in [0.2, 0.25) is 5.02 Å². The van der Waals surface area contributed by atoms with Crippen LogP contribution < -0.4 is 10.1 Å².